The SMILES string of the molecule is N#Cc1cnn(-c2ccccn2)c1NC(=O)c1ccc(F)cc1F. The second kappa shape index (κ2) is 6.26. The minimum absolute atomic E-state index is 0.0462. The van der Waals surface area contributed by atoms with E-state index in [-0.39, 0.29) is 16.9 Å². The molecule has 0 bridgehead atoms. The standard InChI is InChI=1S/C16H9F2N5O/c17-11-4-5-12(13(18)7-11)16(24)22-15-10(8-19)9-21-23(15)14-3-1-2-6-20-14/h1-7,9H,(H,22,24). The molecule has 1 amide bonds. The number of nitrogens with zero attached hydrogens (tertiary/aromatic N) is 4. The highest BCUT2D eigenvalue weighted by Crippen LogP contribution is 2.20. The van der Waals surface area contributed by atoms with Gasteiger partial charge in [-0.25, -0.2) is 13.8 Å². The molecule has 8 heteroatoms. The Labute approximate surface area is 135 Å². The van der Waals surface area contributed by atoms with Crippen LogP contribution in [0, 0.1) is 23.0 Å². The lowest BCUT2D eigenvalue weighted by molar-refractivity contribution is 0.102. The Kier molecular flexibility index (Phi) is 3.99. The molecule has 1 N–H and O–H groups in total. The molecule has 0 aliphatic rings. The van der Waals surface area contributed by atoms with Gasteiger partial charge < -0.3 is 5.32 Å². The van der Waals surface area contributed by atoms with Crippen molar-refractivity contribution in [3.8, 4) is 11.9 Å². The summed E-state index contributed by atoms with van der Waals surface area (Å²) in [7, 11) is 0. The number of carbonyl (C=O) groups is 1. The normalized spacial score (nSPS) is 10.2. The van der Waals surface area contributed by atoms with E-state index in [9.17, 15) is 13.6 Å². The summed E-state index contributed by atoms with van der Waals surface area (Å²) in [4.78, 5) is 16.3. The van der Waals surface area contributed by atoms with E-state index in [0.29, 0.717) is 11.9 Å². The average Bonchev–Trinajstić information content (AvgIpc) is 2.98. The summed E-state index contributed by atoms with van der Waals surface area (Å²) in [5.74, 6) is -2.21. The van der Waals surface area contributed by atoms with Crippen molar-refractivity contribution >= 4 is 11.7 Å². The second-order valence-electron chi connectivity index (χ2n) is 4.70. The van der Waals surface area contributed by atoms with Crippen molar-refractivity contribution in [1.29, 1.82) is 5.26 Å². The van der Waals surface area contributed by atoms with Gasteiger partial charge in [-0.1, -0.05) is 6.07 Å². The van der Waals surface area contributed by atoms with Crippen molar-refractivity contribution in [2.45, 2.75) is 0 Å². The molecule has 3 aromatic rings. The van der Waals surface area contributed by atoms with Crippen molar-refractivity contribution in [2.75, 3.05) is 5.32 Å². The Morgan fingerprint density at radius 2 is 2.08 bits per heavy atom. The van der Waals surface area contributed by atoms with Crippen LogP contribution in [0.5, 0.6) is 0 Å². The molecule has 0 aliphatic heterocycles. The monoisotopic (exact) mass is 325 g/mol. The quantitative estimate of drug-likeness (QED) is 0.802. The van der Waals surface area contributed by atoms with Crippen LogP contribution < -0.4 is 5.32 Å². The highest BCUT2D eigenvalue weighted by molar-refractivity contribution is 6.04. The van der Waals surface area contributed by atoms with Crippen LogP contribution in [-0.4, -0.2) is 20.7 Å². The number of aromatic nitrogens is 3. The Morgan fingerprint density at radius 1 is 1.25 bits per heavy atom. The Balaban J connectivity index is 1.99. The van der Waals surface area contributed by atoms with E-state index in [2.05, 4.69) is 15.4 Å². The van der Waals surface area contributed by atoms with Gasteiger partial charge in [-0.2, -0.15) is 15.0 Å². The summed E-state index contributed by atoms with van der Waals surface area (Å²) in [6.07, 6.45) is 2.78. The van der Waals surface area contributed by atoms with Gasteiger partial charge in [-0.3, -0.25) is 4.79 Å². The van der Waals surface area contributed by atoms with Gasteiger partial charge in [-0.15, -0.1) is 0 Å². The van der Waals surface area contributed by atoms with E-state index in [1.807, 2.05) is 6.07 Å². The van der Waals surface area contributed by atoms with Crippen LogP contribution >= 0.6 is 0 Å². The van der Waals surface area contributed by atoms with Crippen LogP contribution in [0.25, 0.3) is 5.82 Å². The maximum absolute atomic E-state index is 13.7. The first-order chi connectivity index (χ1) is 11.6. The molecule has 6 nitrogen and oxygen atoms in total. The largest absolute Gasteiger partial charge is 0.305 e. The lowest BCUT2D eigenvalue weighted by Gasteiger charge is -2.09. The molecule has 118 valence electrons. The number of hydrogen-bond donors (Lipinski definition) is 1. The minimum Gasteiger partial charge on any atom is -0.305 e. The topological polar surface area (TPSA) is 83.6 Å². The molecule has 24 heavy (non-hydrogen) atoms. The third-order valence-corrected chi connectivity index (χ3v) is 3.16. The lowest BCUT2D eigenvalue weighted by Crippen LogP contribution is -2.17. The van der Waals surface area contributed by atoms with E-state index in [0.717, 1.165) is 12.1 Å². The zero-order chi connectivity index (χ0) is 17.1. The Hall–Kier alpha value is -3.60. The first-order valence-corrected chi connectivity index (χ1v) is 6.76. The van der Waals surface area contributed by atoms with Crippen molar-refractivity contribution in [1.82, 2.24) is 14.8 Å². The van der Waals surface area contributed by atoms with Crippen LogP contribution in [0.1, 0.15) is 15.9 Å². The molecule has 0 unspecified atom stereocenters. The molecule has 0 aliphatic carbocycles. The first-order valence-electron chi connectivity index (χ1n) is 6.76. The zero-order valence-corrected chi connectivity index (χ0v) is 12.1. The van der Waals surface area contributed by atoms with Crippen molar-refractivity contribution in [2.24, 2.45) is 0 Å². The summed E-state index contributed by atoms with van der Waals surface area (Å²) in [6, 6.07) is 9.52. The number of nitrogens with one attached hydrogen (secondary N) is 1. The number of rotatable bonds is 3. The Bertz CT molecular complexity index is 947. The molecule has 0 saturated carbocycles. The van der Waals surface area contributed by atoms with Gasteiger partial charge in [0.05, 0.1) is 11.8 Å². The molecule has 1 aromatic carbocycles. The van der Waals surface area contributed by atoms with Crippen LogP contribution in [-0.2, 0) is 0 Å². The van der Waals surface area contributed by atoms with Crippen molar-refractivity contribution in [3.63, 3.8) is 0 Å². The molecule has 2 heterocycles. The molecule has 0 fully saturated rings. The number of benzene rings is 1. The second-order valence-corrected chi connectivity index (χ2v) is 4.70. The molecule has 0 saturated heterocycles. The molecular weight excluding hydrogens is 316 g/mol. The summed E-state index contributed by atoms with van der Waals surface area (Å²) < 4.78 is 27.9. The van der Waals surface area contributed by atoms with E-state index in [1.54, 1.807) is 18.2 Å². The molecule has 0 radical (unpaired) electrons. The maximum atomic E-state index is 13.7. The van der Waals surface area contributed by atoms with Crippen LogP contribution in [0.2, 0.25) is 0 Å². The summed E-state index contributed by atoms with van der Waals surface area (Å²) >= 11 is 0. The summed E-state index contributed by atoms with van der Waals surface area (Å²) in [5.41, 5.74) is -0.273. The number of halogens is 2. The predicted molar refractivity (Wildman–Crippen MR) is 80.4 cm³/mol. The first kappa shape index (κ1) is 15.3. The van der Waals surface area contributed by atoms with Gasteiger partial charge >= 0.3 is 0 Å². The number of carbonyl (C=O) groups excluding carboxylic acids is 1. The fourth-order valence-electron chi connectivity index (χ4n) is 2.05. The number of anilines is 1. The molecule has 3 rings (SSSR count). The van der Waals surface area contributed by atoms with Crippen LogP contribution in [0.3, 0.4) is 0 Å². The van der Waals surface area contributed by atoms with E-state index in [1.165, 1.54) is 17.1 Å². The number of pyridine rings is 1. The third kappa shape index (κ3) is 2.83. The fourth-order valence-corrected chi connectivity index (χ4v) is 2.05. The van der Waals surface area contributed by atoms with Gasteiger partial charge in [0.25, 0.3) is 5.91 Å². The summed E-state index contributed by atoms with van der Waals surface area (Å²) in [6.45, 7) is 0. The zero-order valence-electron chi connectivity index (χ0n) is 12.1. The molecular formula is C16H9F2N5O. The number of nitriles is 1. The Morgan fingerprint density at radius 3 is 2.75 bits per heavy atom. The fraction of sp³-hybridized carbons (Fsp3) is 0. The average molecular weight is 325 g/mol. The predicted octanol–water partition coefficient (Wildman–Crippen LogP) is 2.67. The van der Waals surface area contributed by atoms with Gasteiger partial charge in [-0.05, 0) is 24.3 Å². The van der Waals surface area contributed by atoms with Gasteiger partial charge in [0.1, 0.15) is 23.3 Å². The smallest absolute Gasteiger partial charge is 0.259 e. The van der Waals surface area contributed by atoms with Crippen LogP contribution in [0.4, 0.5) is 14.6 Å². The number of hydrogen-bond acceptors (Lipinski definition) is 4. The van der Waals surface area contributed by atoms with E-state index >= 15 is 0 Å². The molecule has 2 aromatic heterocycles. The van der Waals surface area contributed by atoms with Gasteiger partial charge in [0.2, 0.25) is 0 Å². The van der Waals surface area contributed by atoms with E-state index in [4.69, 9.17) is 5.26 Å². The van der Waals surface area contributed by atoms with Gasteiger partial charge in [0, 0.05) is 12.3 Å². The van der Waals surface area contributed by atoms with Gasteiger partial charge in [0.15, 0.2) is 11.6 Å². The maximum Gasteiger partial charge on any atom is 0.259 e. The highest BCUT2D eigenvalue weighted by Gasteiger charge is 2.19. The highest BCUT2D eigenvalue weighted by atomic mass is 19.1. The molecule has 0 atom stereocenters. The van der Waals surface area contributed by atoms with E-state index < -0.39 is 17.5 Å². The third-order valence-electron chi connectivity index (χ3n) is 3.16. The van der Waals surface area contributed by atoms with Crippen LogP contribution in [0.15, 0.2) is 48.8 Å². The minimum atomic E-state index is -1.00. The number of amides is 1. The molecule has 0 spiro atoms. The van der Waals surface area contributed by atoms with Crippen molar-refractivity contribution in [3.05, 3.63) is 71.6 Å². The lowest BCUT2D eigenvalue weighted by atomic mass is 10.2. The van der Waals surface area contributed by atoms with Crippen molar-refractivity contribution < 1.29 is 13.6 Å². The summed E-state index contributed by atoms with van der Waals surface area (Å²) in [5, 5.41) is 15.6.